The lowest BCUT2D eigenvalue weighted by Crippen LogP contribution is -2.15. The van der Waals surface area contributed by atoms with Crippen LogP contribution in [0.3, 0.4) is 0 Å². The Labute approximate surface area is 143 Å². The third kappa shape index (κ3) is 10.6. The van der Waals surface area contributed by atoms with Gasteiger partial charge in [-0.25, -0.2) is 0 Å². The van der Waals surface area contributed by atoms with Crippen LogP contribution in [0.4, 0.5) is 0 Å². The largest absolute Gasteiger partial charge is 0.334 e. The fourth-order valence-corrected chi connectivity index (χ4v) is 3.64. The standard InChI is InChI=1S/C19H38N2S/c1-4-5-6-7-8-9-12-18(13-10-11-16-20-3)17(2)21-22-19-14-15-19/h18-21H,2,4-16H2,1,3H3. The first kappa shape index (κ1) is 19.9. The molecule has 1 rings (SSSR count). The molecule has 130 valence electrons. The highest BCUT2D eigenvalue weighted by molar-refractivity contribution is 7.98. The van der Waals surface area contributed by atoms with Gasteiger partial charge in [-0.3, -0.25) is 0 Å². The SMILES string of the molecule is C=C(NSC1CC1)C(CCCCCCCC)CCCCNC. The van der Waals surface area contributed by atoms with Crippen molar-refractivity contribution in [1.29, 1.82) is 0 Å². The maximum Gasteiger partial charge on any atom is 0.0246 e. The summed E-state index contributed by atoms with van der Waals surface area (Å²) in [5.41, 5.74) is 1.29. The van der Waals surface area contributed by atoms with Crippen LogP contribution in [0.25, 0.3) is 0 Å². The topological polar surface area (TPSA) is 24.1 Å². The zero-order valence-corrected chi connectivity index (χ0v) is 15.8. The molecule has 1 saturated carbocycles. The molecular formula is C19H38N2S. The van der Waals surface area contributed by atoms with Crippen LogP contribution in [0.1, 0.15) is 84.0 Å². The van der Waals surface area contributed by atoms with Crippen LogP contribution in [0, 0.1) is 5.92 Å². The molecule has 1 atom stereocenters. The molecule has 0 amide bonds. The molecule has 0 heterocycles. The summed E-state index contributed by atoms with van der Waals surface area (Å²) < 4.78 is 3.55. The van der Waals surface area contributed by atoms with E-state index in [4.69, 9.17) is 0 Å². The molecule has 1 aliphatic rings. The number of nitrogens with one attached hydrogen (secondary N) is 2. The third-order valence-corrected chi connectivity index (χ3v) is 5.69. The average molecular weight is 327 g/mol. The lowest BCUT2D eigenvalue weighted by Gasteiger charge is -2.20. The predicted molar refractivity (Wildman–Crippen MR) is 102 cm³/mol. The normalized spacial score (nSPS) is 15.7. The molecule has 0 aromatic carbocycles. The molecule has 0 spiro atoms. The first-order valence-electron chi connectivity index (χ1n) is 9.53. The van der Waals surface area contributed by atoms with Crippen molar-refractivity contribution < 1.29 is 0 Å². The average Bonchev–Trinajstić information content (AvgIpc) is 3.34. The minimum absolute atomic E-state index is 0.675. The second kappa shape index (κ2) is 13.3. The van der Waals surface area contributed by atoms with Crippen LogP contribution < -0.4 is 10.0 Å². The molecule has 1 unspecified atom stereocenters. The van der Waals surface area contributed by atoms with Crippen molar-refractivity contribution in [2.24, 2.45) is 5.92 Å². The van der Waals surface area contributed by atoms with Gasteiger partial charge in [0.2, 0.25) is 0 Å². The highest BCUT2D eigenvalue weighted by Crippen LogP contribution is 2.34. The Kier molecular flexibility index (Phi) is 12.0. The number of rotatable bonds is 16. The minimum Gasteiger partial charge on any atom is -0.334 e. The van der Waals surface area contributed by atoms with Crippen molar-refractivity contribution in [2.75, 3.05) is 13.6 Å². The Bertz CT molecular complexity index is 277. The van der Waals surface area contributed by atoms with Gasteiger partial charge in [0.25, 0.3) is 0 Å². The molecule has 0 aromatic rings. The monoisotopic (exact) mass is 326 g/mol. The first-order valence-corrected chi connectivity index (χ1v) is 10.4. The molecule has 1 fully saturated rings. The Morgan fingerprint density at radius 1 is 1.05 bits per heavy atom. The van der Waals surface area contributed by atoms with Crippen molar-refractivity contribution in [3.05, 3.63) is 12.3 Å². The molecule has 0 aromatic heterocycles. The minimum atomic E-state index is 0.675. The molecule has 2 nitrogen and oxygen atoms in total. The summed E-state index contributed by atoms with van der Waals surface area (Å²) in [4.78, 5) is 0. The molecule has 0 bridgehead atoms. The van der Waals surface area contributed by atoms with E-state index in [9.17, 15) is 0 Å². The molecule has 2 N–H and O–H groups in total. The van der Waals surface area contributed by atoms with Gasteiger partial charge in [0.05, 0.1) is 0 Å². The summed E-state index contributed by atoms with van der Waals surface area (Å²) in [6, 6.07) is 0. The maximum atomic E-state index is 4.33. The Hall–Kier alpha value is -0.150. The van der Waals surface area contributed by atoms with Crippen LogP contribution in [-0.4, -0.2) is 18.8 Å². The number of hydrogen-bond acceptors (Lipinski definition) is 3. The molecule has 0 aliphatic heterocycles. The number of hydrogen-bond donors (Lipinski definition) is 2. The van der Waals surface area contributed by atoms with Gasteiger partial charge < -0.3 is 10.0 Å². The number of allylic oxidation sites excluding steroid dienone is 1. The van der Waals surface area contributed by atoms with E-state index < -0.39 is 0 Å². The summed E-state index contributed by atoms with van der Waals surface area (Å²) in [6.07, 6.45) is 16.3. The van der Waals surface area contributed by atoms with Crippen molar-refractivity contribution in [2.45, 2.75) is 89.2 Å². The highest BCUT2D eigenvalue weighted by Gasteiger charge is 2.23. The molecule has 22 heavy (non-hydrogen) atoms. The highest BCUT2D eigenvalue weighted by atomic mass is 32.2. The summed E-state index contributed by atoms with van der Waals surface area (Å²) in [5, 5.41) is 4.11. The Morgan fingerprint density at radius 3 is 2.32 bits per heavy atom. The first-order chi connectivity index (χ1) is 10.8. The number of unbranched alkanes of at least 4 members (excludes halogenated alkanes) is 6. The lowest BCUT2D eigenvalue weighted by molar-refractivity contribution is 0.448. The van der Waals surface area contributed by atoms with Gasteiger partial charge in [-0.05, 0) is 63.6 Å². The fraction of sp³-hybridized carbons (Fsp3) is 0.895. The van der Waals surface area contributed by atoms with Crippen LogP contribution >= 0.6 is 11.9 Å². The predicted octanol–water partition coefficient (Wildman–Crippen LogP) is 5.66. The van der Waals surface area contributed by atoms with Crippen LogP contribution in [0.15, 0.2) is 12.3 Å². The molecule has 3 heteroatoms. The van der Waals surface area contributed by atoms with Crippen LogP contribution in [0.5, 0.6) is 0 Å². The smallest absolute Gasteiger partial charge is 0.0246 e. The summed E-state index contributed by atoms with van der Waals surface area (Å²) >= 11 is 1.91. The second-order valence-electron chi connectivity index (χ2n) is 6.80. The molecule has 1 aliphatic carbocycles. The van der Waals surface area contributed by atoms with Crippen LogP contribution in [-0.2, 0) is 0 Å². The molecule has 0 radical (unpaired) electrons. The van der Waals surface area contributed by atoms with E-state index in [-0.39, 0.29) is 0 Å². The van der Waals surface area contributed by atoms with Crippen LogP contribution in [0.2, 0.25) is 0 Å². The Balaban J connectivity index is 2.17. The van der Waals surface area contributed by atoms with Crippen molar-refractivity contribution in [3.63, 3.8) is 0 Å². The van der Waals surface area contributed by atoms with Gasteiger partial charge in [0.15, 0.2) is 0 Å². The quantitative estimate of drug-likeness (QED) is 0.283. The van der Waals surface area contributed by atoms with Gasteiger partial charge in [-0.1, -0.05) is 58.4 Å². The van der Waals surface area contributed by atoms with E-state index >= 15 is 0 Å². The second-order valence-corrected chi connectivity index (χ2v) is 7.90. The summed E-state index contributed by atoms with van der Waals surface area (Å²) in [6.45, 7) is 7.76. The molecular weight excluding hydrogens is 288 g/mol. The molecule has 0 saturated heterocycles. The fourth-order valence-electron chi connectivity index (χ4n) is 2.78. The summed E-state index contributed by atoms with van der Waals surface area (Å²) in [5.74, 6) is 0.675. The van der Waals surface area contributed by atoms with Gasteiger partial charge in [0, 0.05) is 10.9 Å². The van der Waals surface area contributed by atoms with E-state index in [0.29, 0.717) is 5.92 Å². The maximum absolute atomic E-state index is 4.33. The van der Waals surface area contributed by atoms with Gasteiger partial charge in [0.1, 0.15) is 0 Å². The Morgan fingerprint density at radius 2 is 1.68 bits per heavy atom. The van der Waals surface area contributed by atoms with Crippen molar-refractivity contribution >= 4 is 11.9 Å². The summed E-state index contributed by atoms with van der Waals surface area (Å²) in [7, 11) is 2.04. The van der Waals surface area contributed by atoms with E-state index in [2.05, 4.69) is 23.5 Å². The van der Waals surface area contributed by atoms with Gasteiger partial charge in [-0.15, -0.1) is 0 Å². The van der Waals surface area contributed by atoms with E-state index in [1.54, 1.807) is 0 Å². The zero-order chi connectivity index (χ0) is 16.0. The van der Waals surface area contributed by atoms with Gasteiger partial charge >= 0.3 is 0 Å². The lowest BCUT2D eigenvalue weighted by atomic mass is 9.93. The van der Waals surface area contributed by atoms with E-state index in [1.807, 2.05) is 19.0 Å². The van der Waals surface area contributed by atoms with Crippen molar-refractivity contribution in [1.82, 2.24) is 10.0 Å². The van der Waals surface area contributed by atoms with E-state index in [0.717, 1.165) is 11.8 Å². The van der Waals surface area contributed by atoms with Crippen molar-refractivity contribution in [3.8, 4) is 0 Å². The van der Waals surface area contributed by atoms with E-state index in [1.165, 1.54) is 82.7 Å². The third-order valence-electron chi connectivity index (χ3n) is 4.51. The zero-order valence-electron chi connectivity index (χ0n) is 15.0. The van der Waals surface area contributed by atoms with Gasteiger partial charge in [-0.2, -0.15) is 0 Å².